The van der Waals surface area contributed by atoms with E-state index in [0.29, 0.717) is 12.8 Å². The molecule has 0 amide bonds. The summed E-state index contributed by atoms with van der Waals surface area (Å²) in [6.07, 6.45) is 2.72. The Morgan fingerprint density at radius 1 is 1.28 bits per heavy atom. The highest BCUT2D eigenvalue weighted by molar-refractivity contribution is 5.84. The predicted molar refractivity (Wildman–Crippen MR) is 71.3 cm³/mol. The molecule has 3 heteroatoms. The molecule has 0 bridgehead atoms. The number of carbonyl (C=O) groups is 1. The molecule has 0 spiro atoms. The van der Waals surface area contributed by atoms with E-state index in [2.05, 4.69) is 4.98 Å². The van der Waals surface area contributed by atoms with Gasteiger partial charge in [0.05, 0.1) is 12.5 Å². The summed E-state index contributed by atoms with van der Waals surface area (Å²) in [5, 5.41) is 2.26. The molecule has 2 rings (SSSR count). The van der Waals surface area contributed by atoms with Gasteiger partial charge in [0.25, 0.3) is 0 Å². The van der Waals surface area contributed by atoms with E-state index in [1.165, 1.54) is 0 Å². The molecular formula is C15H17NO2. The Morgan fingerprint density at radius 3 is 2.83 bits per heavy atom. The zero-order valence-corrected chi connectivity index (χ0v) is 10.7. The lowest BCUT2D eigenvalue weighted by Gasteiger charge is -2.08. The van der Waals surface area contributed by atoms with Crippen molar-refractivity contribution in [2.75, 3.05) is 0 Å². The Kier molecular flexibility index (Phi) is 3.92. The van der Waals surface area contributed by atoms with Gasteiger partial charge >= 0.3 is 5.97 Å². The van der Waals surface area contributed by atoms with E-state index < -0.39 is 0 Å². The molecule has 2 aromatic rings. The molecule has 1 heterocycles. The number of aryl methyl sites for hydroxylation is 1. The summed E-state index contributed by atoms with van der Waals surface area (Å²) < 4.78 is 5.12. The van der Waals surface area contributed by atoms with Crippen LogP contribution in [0.5, 0.6) is 0 Å². The SMILES string of the molecule is CC(C)OC(=O)CCc1nccc2ccccc12. The van der Waals surface area contributed by atoms with Gasteiger partial charge in [0.15, 0.2) is 0 Å². The largest absolute Gasteiger partial charge is 0.463 e. The minimum absolute atomic E-state index is 0.0574. The Hall–Kier alpha value is -1.90. The van der Waals surface area contributed by atoms with Gasteiger partial charge in [-0.15, -0.1) is 0 Å². The monoisotopic (exact) mass is 243 g/mol. The number of rotatable bonds is 4. The van der Waals surface area contributed by atoms with Crippen LogP contribution in [0.3, 0.4) is 0 Å². The van der Waals surface area contributed by atoms with Crippen LogP contribution in [0.2, 0.25) is 0 Å². The number of nitrogens with zero attached hydrogens (tertiary/aromatic N) is 1. The van der Waals surface area contributed by atoms with Gasteiger partial charge < -0.3 is 4.74 Å². The van der Waals surface area contributed by atoms with Crippen molar-refractivity contribution in [3.8, 4) is 0 Å². The molecule has 0 aliphatic carbocycles. The quantitative estimate of drug-likeness (QED) is 0.774. The molecule has 94 valence electrons. The summed E-state index contributed by atoms with van der Waals surface area (Å²) in [6, 6.07) is 10.0. The number of hydrogen-bond donors (Lipinski definition) is 0. The number of aromatic nitrogens is 1. The minimum Gasteiger partial charge on any atom is -0.463 e. The maximum absolute atomic E-state index is 11.5. The molecule has 3 nitrogen and oxygen atoms in total. The second-order valence-electron chi connectivity index (χ2n) is 4.52. The fourth-order valence-corrected chi connectivity index (χ4v) is 1.92. The number of hydrogen-bond acceptors (Lipinski definition) is 3. The van der Waals surface area contributed by atoms with Crippen LogP contribution >= 0.6 is 0 Å². The molecule has 0 N–H and O–H groups in total. The van der Waals surface area contributed by atoms with E-state index in [1.54, 1.807) is 6.20 Å². The zero-order valence-electron chi connectivity index (χ0n) is 10.7. The highest BCUT2D eigenvalue weighted by atomic mass is 16.5. The van der Waals surface area contributed by atoms with Crippen molar-refractivity contribution < 1.29 is 9.53 Å². The third-order valence-electron chi connectivity index (χ3n) is 2.69. The summed E-state index contributed by atoms with van der Waals surface area (Å²) >= 11 is 0. The molecule has 0 saturated carbocycles. The van der Waals surface area contributed by atoms with Crippen molar-refractivity contribution in [1.82, 2.24) is 4.98 Å². The maximum atomic E-state index is 11.5. The molecule has 0 atom stereocenters. The number of carbonyl (C=O) groups excluding carboxylic acids is 1. The Balaban J connectivity index is 2.10. The third-order valence-corrected chi connectivity index (χ3v) is 2.69. The lowest BCUT2D eigenvalue weighted by molar-refractivity contribution is -0.147. The van der Waals surface area contributed by atoms with E-state index in [1.807, 2.05) is 44.2 Å². The summed E-state index contributed by atoms with van der Waals surface area (Å²) in [5.74, 6) is -0.167. The van der Waals surface area contributed by atoms with Crippen molar-refractivity contribution in [3.05, 3.63) is 42.2 Å². The van der Waals surface area contributed by atoms with E-state index >= 15 is 0 Å². The smallest absolute Gasteiger partial charge is 0.306 e. The fourth-order valence-electron chi connectivity index (χ4n) is 1.92. The first-order valence-corrected chi connectivity index (χ1v) is 6.19. The molecule has 0 fully saturated rings. The second kappa shape index (κ2) is 5.63. The molecule has 0 radical (unpaired) electrons. The number of esters is 1. The standard InChI is InChI=1S/C15H17NO2/c1-11(2)18-15(17)8-7-14-13-6-4-3-5-12(13)9-10-16-14/h3-6,9-11H,7-8H2,1-2H3. The van der Waals surface area contributed by atoms with Crippen molar-refractivity contribution in [2.24, 2.45) is 0 Å². The minimum atomic E-state index is -0.167. The summed E-state index contributed by atoms with van der Waals surface area (Å²) in [6.45, 7) is 3.71. The van der Waals surface area contributed by atoms with Crippen molar-refractivity contribution in [3.63, 3.8) is 0 Å². The van der Waals surface area contributed by atoms with Gasteiger partial charge in [0.1, 0.15) is 0 Å². The van der Waals surface area contributed by atoms with Gasteiger partial charge in [-0.3, -0.25) is 9.78 Å². The van der Waals surface area contributed by atoms with Crippen molar-refractivity contribution in [1.29, 1.82) is 0 Å². The van der Waals surface area contributed by atoms with Gasteiger partial charge in [-0.1, -0.05) is 24.3 Å². The molecule has 0 aliphatic heterocycles. The average molecular weight is 243 g/mol. The molecule has 0 unspecified atom stereocenters. The van der Waals surface area contributed by atoms with Gasteiger partial charge in [-0.05, 0) is 25.3 Å². The maximum Gasteiger partial charge on any atom is 0.306 e. The van der Waals surface area contributed by atoms with Gasteiger partial charge in [0, 0.05) is 23.7 Å². The topological polar surface area (TPSA) is 39.2 Å². The van der Waals surface area contributed by atoms with Gasteiger partial charge in [0.2, 0.25) is 0 Å². The lowest BCUT2D eigenvalue weighted by Crippen LogP contribution is -2.12. The van der Waals surface area contributed by atoms with Crippen LogP contribution in [-0.2, 0) is 16.0 Å². The average Bonchev–Trinajstić information content (AvgIpc) is 2.35. The highest BCUT2D eigenvalue weighted by Gasteiger charge is 2.08. The number of fused-ring (bicyclic) bond motifs is 1. The predicted octanol–water partition coefficient (Wildman–Crippen LogP) is 3.12. The number of pyridine rings is 1. The first-order valence-electron chi connectivity index (χ1n) is 6.19. The molecular weight excluding hydrogens is 226 g/mol. The van der Waals surface area contributed by atoms with Crippen LogP contribution in [0.1, 0.15) is 26.0 Å². The van der Waals surface area contributed by atoms with Crippen LogP contribution < -0.4 is 0 Å². The van der Waals surface area contributed by atoms with Crippen LogP contribution in [-0.4, -0.2) is 17.1 Å². The Bertz CT molecular complexity index is 544. The van der Waals surface area contributed by atoms with Crippen LogP contribution in [0.4, 0.5) is 0 Å². The summed E-state index contributed by atoms with van der Waals surface area (Å²) in [5.41, 5.74) is 0.953. The first-order chi connectivity index (χ1) is 8.66. The van der Waals surface area contributed by atoms with E-state index in [-0.39, 0.29) is 12.1 Å². The fraction of sp³-hybridized carbons (Fsp3) is 0.333. The van der Waals surface area contributed by atoms with E-state index in [4.69, 9.17) is 4.74 Å². The normalized spacial score (nSPS) is 10.8. The van der Waals surface area contributed by atoms with Crippen molar-refractivity contribution >= 4 is 16.7 Å². The van der Waals surface area contributed by atoms with Gasteiger partial charge in [-0.25, -0.2) is 0 Å². The van der Waals surface area contributed by atoms with E-state index in [0.717, 1.165) is 16.5 Å². The Labute approximate surface area is 107 Å². The lowest BCUT2D eigenvalue weighted by atomic mass is 10.1. The zero-order chi connectivity index (χ0) is 13.0. The van der Waals surface area contributed by atoms with Crippen LogP contribution in [0, 0.1) is 0 Å². The van der Waals surface area contributed by atoms with Crippen LogP contribution in [0.25, 0.3) is 10.8 Å². The third kappa shape index (κ3) is 3.06. The number of benzene rings is 1. The summed E-state index contributed by atoms with van der Waals surface area (Å²) in [4.78, 5) is 15.9. The molecule has 0 saturated heterocycles. The molecule has 18 heavy (non-hydrogen) atoms. The molecule has 1 aromatic carbocycles. The molecule has 1 aromatic heterocycles. The first kappa shape index (κ1) is 12.6. The van der Waals surface area contributed by atoms with E-state index in [9.17, 15) is 4.79 Å². The highest BCUT2D eigenvalue weighted by Crippen LogP contribution is 2.17. The van der Waals surface area contributed by atoms with Crippen LogP contribution in [0.15, 0.2) is 36.5 Å². The Morgan fingerprint density at radius 2 is 2.06 bits per heavy atom. The summed E-state index contributed by atoms with van der Waals surface area (Å²) in [7, 11) is 0. The van der Waals surface area contributed by atoms with Crippen molar-refractivity contribution in [2.45, 2.75) is 32.8 Å². The second-order valence-corrected chi connectivity index (χ2v) is 4.52. The van der Waals surface area contributed by atoms with Gasteiger partial charge in [-0.2, -0.15) is 0 Å². The number of ether oxygens (including phenoxy) is 1. The molecule has 0 aliphatic rings.